The Hall–Kier alpha value is -0.790. The zero-order valence-electron chi connectivity index (χ0n) is 9.49. The molecular formula is C13H20ClN. The third-order valence-corrected chi connectivity index (χ3v) is 2.51. The van der Waals surface area contributed by atoms with Gasteiger partial charge < -0.3 is 5.73 Å². The van der Waals surface area contributed by atoms with Crippen LogP contribution in [-0.4, -0.2) is 0 Å². The van der Waals surface area contributed by atoms with Gasteiger partial charge in [-0.1, -0.05) is 29.8 Å². The Labute approximate surface area is 98.8 Å². The van der Waals surface area contributed by atoms with Crippen molar-refractivity contribution >= 4 is 12.4 Å². The van der Waals surface area contributed by atoms with Gasteiger partial charge in [0.25, 0.3) is 0 Å². The maximum absolute atomic E-state index is 6.08. The van der Waals surface area contributed by atoms with Crippen LogP contribution in [0, 0.1) is 13.8 Å². The van der Waals surface area contributed by atoms with Crippen LogP contribution in [0.5, 0.6) is 0 Å². The van der Waals surface area contributed by atoms with Crippen molar-refractivity contribution in [2.45, 2.75) is 32.7 Å². The van der Waals surface area contributed by atoms with E-state index < -0.39 is 0 Å². The number of benzene rings is 1. The normalized spacial score (nSPS) is 11.7. The molecule has 2 N–H and O–H groups in total. The molecule has 1 aromatic carbocycles. The summed E-state index contributed by atoms with van der Waals surface area (Å²) >= 11 is 0. The second kappa shape index (κ2) is 6.65. The molecule has 1 aromatic rings. The van der Waals surface area contributed by atoms with Crippen molar-refractivity contribution in [2.75, 3.05) is 0 Å². The number of aryl methyl sites for hydroxylation is 2. The van der Waals surface area contributed by atoms with Crippen molar-refractivity contribution < 1.29 is 0 Å². The zero-order valence-corrected chi connectivity index (χ0v) is 10.3. The van der Waals surface area contributed by atoms with Crippen molar-refractivity contribution in [2.24, 2.45) is 5.73 Å². The predicted octanol–water partition coefficient (Wildman–Crippen LogP) is 3.69. The molecule has 0 unspecified atom stereocenters. The number of rotatable bonds is 4. The van der Waals surface area contributed by atoms with E-state index in [2.05, 4.69) is 38.6 Å². The average molecular weight is 226 g/mol. The Morgan fingerprint density at radius 2 is 2.07 bits per heavy atom. The van der Waals surface area contributed by atoms with E-state index in [1.807, 2.05) is 6.08 Å². The van der Waals surface area contributed by atoms with Gasteiger partial charge in [-0.05, 0) is 37.8 Å². The van der Waals surface area contributed by atoms with Gasteiger partial charge in [0.2, 0.25) is 0 Å². The van der Waals surface area contributed by atoms with Crippen molar-refractivity contribution in [3.63, 3.8) is 0 Å². The first-order valence-electron chi connectivity index (χ1n) is 5.08. The lowest BCUT2D eigenvalue weighted by Gasteiger charge is -2.14. The standard InChI is InChI=1S/C13H19N.ClH/c1-4-5-6-13(14)12-8-7-10(2)9-11(12)3;/h4,7-9,13H,1,5-6,14H2,2-3H3;1H/t13-;/m1./s1. The van der Waals surface area contributed by atoms with Crippen molar-refractivity contribution in [1.82, 2.24) is 0 Å². The number of nitrogens with two attached hydrogens (primary N) is 1. The van der Waals surface area contributed by atoms with Gasteiger partial charge in [-0.2, -0.15) is 0 Å². The smallest absolute Gasteiger partial charge is 0.0300 e. The average Bonchev–Trinajstić information content (AvgIpc) is 2.14. The van der Waals surface area contributed by atoms with Crippen LogP contribution in [0.25, 0.3) is 0 Å². The van der Waals surface area contributed by atoms with E-state index in [-0.39, 0.29) is 18.4 Å². The van der Waals surface area contributed by atoms with Gasteiger partial charge in [-0.3, -0.25) is 0 Å². The molecule has 1 atom stereocenters. The lowest BCUT2D eigenvalue weighted by Crippen LogP contribution is -2.11. The number of hydrogen-bond acceptors (Lipinski definition) is 1. The Morgan fingerprint density at radius 1 is 1.40 bits per heavy atom. The molecule has 0 saturated carbocycles. The second-order valence-corrected chi connectivity index (χ2v) is 3.83. The van der Waals surface area contributed by atoms with E-state index in [0.29, 0.717) is 0 Å². The topological polar surface area (TPSA) is 26.0 Å². The van der Waals surface area contributed by atoms with E-state index >= 15 is 0 Å². The molecule has 0 radical (unpaired) electrons. The Kier molecular flexibility index (Phi) is 6.30. The summed E-state index contributed by atoms with van der Waals surface area (Å²) < 4.78 is 0. The molecule has 15 heavy (non-hydrogen) atoms. The monoisotopic (exact) mass is 225 g/mol. The lowest BCUT2D eigenvalue weighted by atomic mass is 9.97. The molecule has 0 amide bonds. The minimum atomic E-state index is 0. The van der Waals surface area contributed by atoms with E-state index in [4.69, 9.17) is 5.73 Å². The number of hydrogen-bond donors (Lipinski definition) is 1. The minimum Gasteiger partial charge on any atom is -0.324 e. The summed E-state index contributed by atoms with van der Waals surface area (Å²) in [6, 6.07) is 6.59. The van der Waals surface area contributed by atoms with Gasteiger partial charge in [0.05, 0.1) is 0 Å². The molecule has 0 saturated heterocycles. The molecule has 1 nitrogen and oxygen atoms in total. The highest BCUT2D eigenvalue weighted by Crippen LogP contribution is 2.20. The van der Waals surface area contributed by atoms with Crippen molar-refractivity contribution in [1.29, 1.82) is 0 Å². The van der Waals surface area contributed by atoms with Gasteiger partial charge in [-0.25, -0.2) is 0 Å². The summed E-state index contributed by atoms with van der Waals surface area (Å²) in [5.74, 6) is 0. The van der Waals surface area contributed by atoms with Crippen LogP contribution < -0.4 is 5.73 Å². The van der Waals surface area contributed by atoms with Crippen LogP contribution in [-0.2, 0) is 0 Å². The summed E-state index contributed by atoms with van der Waals surface area (Å²) in [6.07, 6.45) is 3.88. The summed E-state index contributed by atoms with van der Waals surface area (Å²) in [6.45, 7) is 7.93. The fourth-order valence-electron chi connectivity index (χ4n) is 1.69. The van der Waals surface area contributed by atoms with E-state index in [1.165, 1.54) is 16.7 Å². The van der Waals surface area contributed by atoms with Crippen molar-refractivity contribution in [3.8, 4) is 0 Å². The van der Waals surface area contributed by atoms with E-state index in [1.54, 1.807) is 0 Å². The van der Waals surface area contributed by atoms with Gasteiger partial charge in [-0.15, -0.1) is 19.0 Å². The summed E-state index contributed by atoms with van der Waals surface area (Å²) in [5.41, 5.74) is 9.93. The van der Waals surface area contributed by atoms with Gasteiger partial charge >= 0.3 is 0 Å². The van der Waals surface area contributed by atoms with Crippen LogP contribution >= 0.6 is 12.4 Å². The first kappa shape index (κ1) is 14.2. The minimum absolute atomic E-state index is 0. The highest BCUT2D eigenvalue weighted by Gasteiger charge is 2.07. The highest BCUT2D eigenvalue weighted by atomic mass is 35.5. The van der Waals surface area contributed by atoms with Crippen LogP contribution in [0.4, 0.5) is 0 Å². The molecule has 0 spiro atoms. The first-order valence-corrected chi connectivity index (χ1v) is 5.08. The molecule has 0 aliphatic heterocycles. The highest BCUT2D eigenvalue weighted by molar-refractivity contribution is 5.85. The Morgan fingerprint density at radius 3 is 2.60 bits per heavy atom. The molecular weight excluding hydrogens is 206 g/mol. The fourth-order valence-corrected chi connectivity index (χ4v) is 1.69. The second-order valence-electron chi connectivity index (χ2n) is 3.83. The quantitative estimate of drug-likeness (QED) is 0.778. The van der Waals surface area contributed by atoms with Gasteiger partial charge in [0.1, 0.15) is 0 Å². The molecule has 0 aromatic heterocycles. The fraction of sp³-hybridized carbons (Fsp3) is 0.385. The third kappa shape index (κ3) is 4.06. The molecule has 84 valence electrons. The summed E-state index contributed by atoms with van der Waals surface area (Å²) in [4.78, 5) is 0. The Balaban J connectivity index is 0.00000196. The largest absolute Gasteiger partial charge is 0.324 e. The maximum atomic E-state index is 6.08. The Bertz CT molecular complexity index is 320. The molecule has 0 fully saturated rings. The van der Waals surface area contributed by atoms with Crippen LogP contribution in [0.2, 0.25) is 0 Å². The van der Waals surface area contributed by atoms with Crippen molar-refractivity contribution in [3.05, 3.63) is 47.5 Å². The van der Waals surface area contributed by atoms with Crippen LogP contribution in [0.3, 0.4) is 0 Å². The van der Waals surface area contributed by atoms with E-state index in [0.717, 1.165) is 12.8 Å². The molecule has 0 aliphatic rings. The van der Waals surface area contributed by atoms with E-state index in [9.17, 15) is 0 Å². The molecule has 1 rings (SSSR count). The summed E-state index contributed by atoms with van der Waals surface area (Å²) in [7, 11) is 0. The SMILES string of the molecule is C=CCC[C@@H](N)c1ccc(C)cc1C.Cl. The predicted molar refractivity (Wildman–Crippen MR) is 69.5 cm³/mol. The first-order chi connectivity index (χ1) is 6.65. The van der Waals surface area contributed by atoms with Crippen LogP contribution in [0.15, 0.2) is 30.9 Å². The molecule has 0 bridgehead atoms. The molecule has 0 aliphatic carbocycles. The zero-order chi connectivity index (χ0) is 10.6. The summed E-state index contributed by atoms with van der Waals surface area (Å²) in [5, 5.41) is 0. The van der Waals surface area contributed by atoms with Crippen LogP contribution in [0.1, 0.15) is 35.6 Å². The number of allylic oxidation sites excluding steroid dienone is 1. The molecule has 2 heteroatoms. The number of halogens is 1. The lowest BCUT2D eigenvalue weighted by molar-refractivity contribution is 0.657. The van der Waals surface area contributed by atoms with Gasteiger partial charge in [0, 0.05) is 6.04 Å². The maximum Gasteiger partial charge on any atom is 0.0300 e. The van der Waals surface area contributed by atoms with Gasteiger partial charge in [0.15, 0.2) is 0 Å². The third-order valence-electron chi connectivity index (χ3n) is 2.51. The molecule has 0 heterocycles.